The zero-order valence-corrected chi connectivity index (χ0v) is 23.9. The Morgan fingerprint density at radius 2 is 1.57 bits per heavy atom. The molecule has 2 spiro atoms. The van der Waals surface area contributed by atoms with E-state index >= 15 is 0 Å². The second kappa shape index (κ2) is 7.07. The highest BCUT2D eigenvalue weighted by atomic mass is 16.8. The maximum absolute atomic E-state index is 12.3. The lowest BCUT2D eigenvalue weighted by molar-refractivity contribution is -0.184. The van der Waals surface area contributed by atoms with Crippen LogP contribution in [0.3, 0.4) is 0 Å². The van der Waals surface area contributed by atoms with E-state index in [1.165, 1.54) is 12.8 Å². The van der Waals surface area contributed by atoms with E-state index in [1.54, 1.807) is 0 Å². The van der Waals surface area contributed by atoms with Gasteiger partial charge in [-0.05, 0) is 111 Å². The number of cyclic esters (lactones) is 2. The van der Waals surface area contributed by atoms with Crippen molar-refractivity contribution in [2.75, 3.05) is 0 Å². The molecule has 7 fully saturated rings. The molecule has 2 aliphatic heterocycles. The van der Waals surface area contributed by atoms with Crippen LogP contribution in [0.15, 0.2) is 0 Å². The Morgan fingerprint density at radius 1 is 0.892 bits per heavy atom. The van der Waals surface area contributed by atoms with Gasteiger partial charge in [0.1, 0.15) is 5.60 Å². The highest BCUT2D eigenvalue weighted by Gasteiger charge is 2.84. The molecule has 2 heterocycles. The van der Waals surface area contributed by atoms with Crippen molar-refractivity contribution in [3.63, 3.8) is 0 Å². The van der Waals surface area contributed by atoms with Crippen molar-refractivity contribution in [1.82, 2.24) is 0 Å². The number of rotatable bonds is 1. The number of hydrogen-bond donors (Lipinski definition) is 2. The smallest absolute Gasteiger partial charge is 0.424 e. The first-order valence-electron chi connectivity index (χ1n) is 15.1. The molecule has 0 aromatic rings. The number of carbonyl (C=O) groups is 1. The molecule has 0 bridgehead atoms. The first-order chi connectivity index (χ1) is 17.2. The SMILES string of the molecule is C[C@@H]1CC([C@@H]2OC(=O)OC2(C)C)OC2[C@H]1[C@@]1(C)CC[C@@]34C[C@@]35CC[C@H](O)C(C)(C)[C@@H]5CCC4[C@]1(C)[C@H]2O. The molecular weight excluding hydrogens is 468 g/mol. The molecular formula is C31H48O6. The van der Waals surface area contributed by atoms with Crippen molar-refractivity contribution in [1.29, 1.82) is 0 Å². The van der Waals surface area contributed by atoms with Gasteiger partial charge in [0, 0.05) is 5.41 Å². The number of fused-ring (bicyclic) bond motifs is 4. The van der Waals surface area contributed by atoms with Crippen molar-refractivity contribution in [3.8, 4) is 0 Å². The summed E-state index contributed by atoms with van der Waals surface area (Å²) in [6, 6.07) is 0. The van der Waals surface area contributed by atoms with E-state index in [4.69, 9.17) is 14.2 Å². The van der Waals surface area contributed by atoms with Gasteiger partial charge in [-0.15, -0.1) is 0 Å². The quantitative estimate of drug-likeness (QED) is 0.449. The fraction of sp³-hybridized carbons (Fsp3) is 0.968. The average Bonchev–Trinajstić information content (AvgIpc) is 3.34. The van der Waals surface area contributed by atoms with E-state index in [-0.39, 0.29) is 34.6 Å². The average molecular weight is 517 g/mol. The van der Waals surface area contributed by atoms with Crippen LogP contribution in [0.1, 0.15) is 99.8 Å². The number of ether oxygens (including phenoxy) is 3. The van der Waals surface area contributed by atoms with E-state index in [2.05, 4.69) is 34.6 Å². The molecule has 3 unspecified atom stereocenters. The third kappa shape index (κ3) is 2.68. The Kier molecular flexibility index (Phi) is 4.80. The minimum atomic E-state index is -0.736. The molecule has 13 atom stereocenters. The number of aliphatic hydroxyl groups is 2. The predicted octanol–water partition coefficient (Wildman–Crippen LogP) is 5.47. The summed E-state index contributed by atoms with van der Waals surface area (Å²) in [6.07, 6.45) is 6.53. The van der Waals surface area contributed by atoms with E-state index < -0.39 is 24.0 Å². The maximum Gasteiger partial charge on any atom is 0.509 e. The van der Waals surface area contributed by atoms with Crippen molar-refractivity contribution in [3.05, 3.63) is 0 Å². The van der Waals surface area contributed by atoms with E-state index in [0.29, 0.717) is 34.5 Å². The standard InChI is InChI=1S/C31H48O6/c1-16-14-17(24-27(4,5)37-25(34)36-24)35-22-21(16)28(6)12-13-31-15-30(31)11-10-20(32)26(2,3)18(30)8-9-19(31)29(28,7)23(22)33/h16-24,32-33H,8-15H2,1-7H3/t16-,17?,18+,19?,20+,21+,22?,23+,24+,28-,29-,30-,31+/m1/s1. The zero-order valence-electron chi connectivity index (χ0n) is 23.9. The van der Waals surface area contributed by atoms with Crippen LogP contribution in [0.25, 0.3) is 0 Å². The van der Waals surface area contributed by atoms with Crippen molar-refractivity contribution >= 4 is 6.16 Å². The van der Waals surface area contributed by atoms with Crippen molar-refractivity contribution in [2.45, 2.75) is 136 Å². The molecule has 6 heteroatoms. The summed E-state index contributed by atoms with van der Waals surface area (Å²) in [7, 11) is 0. The predicted molar refractivity (Wildman–Crippen MR) is 138 cm³/mol. The summed E-state index contributed by atoms with van der Waals surface area (Å²) in [5, 5.41) is 23.2. The lowest BCUT2D eigenvalue weighted by atomic mass is 9.41. The van der Waals surface area contributed by atoms with Gasteiger partial charge in [-0.1, -0.05) is 34.6 Å². The Labute approximate surface area is 222 Å². The van der Waals surface area contributed by atoms with Crippen LogP contribution in [0, 0.1) is 50.7 Å². The minimum Gasteiger partial charge on any atom is -0.424 e. The Hall–Kier alpha value is -0.850. The molecule has 0 aromatic heterocycles. The summed E-state index contributed by atoms with van der Waals surface area (Å²) in [6.45, 7) is 15.6. The molecule has 7 aliphatic rings. The molecule has 37 heavy (non-hydrogen) atoms. The molecule has 0 aromatic carbocycles. The van der Waals surface area contributed by atoms with Crippen LogP contribution in [0.2, 0.25) is 0 Å². The maximum atomic E-state index is 12.3. The first-order valence-corrected chi connectivity index (χ1v) is 15.1. The third-order valence-electron chi connectivity index (χ3n) is 14.4. The van der Waals surface area contributed by atoms with E-state index in [0.717, 1.165) is 38.5 Å². The second-order valence-electron chi connectivity index (χ2n) is 16.1. The zero-order chi connectivity index (χ0) is 26.6. The van der Waals surface area contributed by atoms with Crippen molar-refractivity contribution in [2.24, 2.45) is 50.7 Å². The van der Waals surface area contributed by atoms with Gasteiger partial charge in [0.25, 0.3) is 0 Å². The van der Waals surface area contributed by atoms with Crippen LogP contribution in [-0.4, -0.2) is 52.5 Å². The topological polar surface area (TPSA) is 85.2 Å². The summed E-state index contributed by atoms with van der Waals surface area (Å²) < 4.78 is 17.9. The Bertz CT molecular complexity index is 1020. The van der Waals surface area contributed by atoms with Gasteiger partial charge < -0.3 is 24.4 Å². The van der Waals surface area contributed by atoms with Crippen LogP contribution in [0.5, 0.6) is 0 Å². The van der Waals surface area contributed by atoms with Gasteiger partial charge in [0.15, 0.2) is 6.10 Å². The molecule has 5 saturated carbocycles. The van der Waals surface area contributed by atoms with Crippen LogP contribution < -0.4 is 0 Å². The molecule has 6 nitrogen and oxygen atoms in total. The normalized spacial score (nSPS) is 60.7. The van der Waals surface area contributed by atoms with Gasteiger partial charge in [-0.3, -0.25) is 0 Å². The van der Waals surface area contributed by atoms with E-state index in [9.17, 15) is 15.0 Å². The van der Waals surface area contributed by atoms with Crippen LogP contribution >= 0.6 is 0 Å². The summed E-state index contributed by atoms with van der Waals surface area (Å²) in [5.74, 6) is 1.72. The van der Waals surface area contributed by atoms with Gasteiger partial charge in [0.2, 0.25) is 0 Å². The highest BCUT2D eigenvalue weighted by Crippen LogP contribution is 2.89. The lowest BCUT2D eigenvalue weighted by Crippen LogP contribution is -2.59. The lowest BCUT2D eigenvalue weighted by Gasteiger charge is -2.63. The van der Waals surface area contributed by atoms with Crippen LogP contribution in [0.4, 0.5) is 4.79 Å². The van der Waals surface area contributed by atoms with E-state index in [1.807, 2.05) is 13.8 Å². The molecule has 7 rings (SSSR count). The largest absolute Gasteiger partial charge is 0.509 e. The number of aliphatic hydroxyl groups excluding tert-OH is 2. The van der Waals surface area contributed by atoms with Crippen LogP contribution in [-0.2, 0) is 14.2 Å². The van der Waals surface area contributed by atoms with Gasteiger partial charge >= 0.3 is 6.16 Å². The first kappa shape index (κ1) is 25.1. The van der Waals surface area contributed by atoms with Crippen molar-refractivity contribution < 1.29 is 29.2 Å². The fourth-order valence-corrected chi connectivity index (χ4v) is 12.6. The molecule has 2 saturated heterocycles. The fourth-order valence-electron chi connectivity index (χ4n) is 12.6. The monoisotopic (exact) mass is 516 g/mol. The minimum absolute atomic E-state index is 0.00999. The summed E-state index contributed by atoms with van der Waals surface area (Å²) >= 11 is 0. The summed E-state index contributed by atoms with van der Waals surface area (Å²) in [4.78, 5) is 12.0. The highest BCUT2D eigenvalue weighted by molar-refractivity contribution is 5.63. The summed E-state index contributed by atoms with van der Waals surface area (Å²) in [5.41, 5.74) is -0.331. The number of hydrogen-bond acceptors (Lipinski definition) is 6. The molecule has 2 N–H and O–H groups in total. The van der Waals surface area contributed by atoms with Gasteiger partial charge in [-0.2, -0.15) is 0 Å². The molecule has 0 radical (unpaired) electrons. The van der Waals surface area contributed by atoms with Gasteiger partial charge in [-0.25, -0.2) is 4.79 Å². The Balaban J connectivity index is 1.23. The third-order valence-corrected chi connectivity index (χ3v) is 14.4. The number of carbonyl (C=O) groups excluding carboxylic acids is 1. The molecule has 208 valence electrons. The molecule has 5 aliphatic carbocycles. The van der Waals surface area contributed by atoms with Gasteiger partial charge in [0.05, 0.1) is 24.4 Å². The Morgan fingerprint density at radius 3 is 2.24 bits per heavy atom. The second-order valence-corrected chi connectivity index (χ2v) is 16.1. The molecule has 0 amide bonds.